The molecule has 0 amide bonds. The van der Waals surface area contributed by atoms with E-state index in [4.69, 9.17) is 54.3 Å². The molecule has 0 saturated carbocycles. The van der Waals surface area contributed by atoms with Crippen LogP contribution in [0.2, 0.25) is 0 Å². The molecule has 0 N–H and O–H groups in total. The van der Waals surface area contributed by atoms with Gasteiger partial charge in [0.1, 0.15) is 0 Å². The maximum absolute atomic E-state index is 5.45. The largest absolute Gasteiger partial charge is 0.397 e. The van der Waals surface area contributed by atoms with Crippen molar-refractivity contribution in [3.8, 4) is 0 Å². The number of hydrogen-bond acceptors (Lipinski definition) is 12. The Morgan fingerprint density at radius 1 is 0.189 bits per heavy atom. The van der Waals surface area contributed by atoms with Gasteiger partial charge in [0.05, 0.1) is 79.3 Å². The van der Waals surface area contributed by atoms with E-state index in [1.54, 1.807) is 0 Å². The van der Waals surface area contributed by atoms with Crippen LogP contribution in [-0.4, -0.2) is 79.3 Å². The van der Waals surface area contributed by atoms with E-state index in [0.29, 0.717) is 0 Å². The maximum Gasteiger partial charge on any atom is 0.397 e. The van der Waals surface area contributed by atoms with Gasteiger partial charge in [0.2, 0.25) is 0 Å². The molecule has 0 radical (unpaired) electrons. The molecule has 0 heterocycles. The van der Waals surface area contributed by atoms with Crippen LogP contribution in [0.4, 0.5) is 0 Å². The van der Waals surface area contributed by atoms with Crippen LogP contribution < -0.4 is 0 Å². The van der Waals surface area contributed by atoms with Crippen LogP contribution in [0.5, 0.6) is 0 Å². The average molecular weight is 896 g/mol. The van der Waals surface area contributed by atoms with Crippen molar-refractivity contribution < 1.29 is 70.8 Å². The van der Waals surface area contributed by atoms with Crippen LogP contribution in [-0.2, 0) is 70.8 Å². The molecule has 0 bridgehead atoms. The molecule has 0 atom stereocenters. The molecule has 0 aromatic carbocycles. The van der Waals surface area contributed by atoms with E-state index in [1.165, 1.54) is 0 Å². The van der Waals surface area contributed by atoms with Crippen molar-refractivity contribution in [1.29, 1.82) is 0 Å². The Morgan fingerprint density at radius 2 is 0.264 bits per heavy atom. The smallest absolute Gasteiger partial charge is 0.180 e. The van der Waals surface area contributed by atoms with Gasteiger partial charge in [-0.25, -0.2) is 0 Å². The summed E-state index contributed by atoms with van der Waals surface area (Å²) >= 11 is 0. The Morgan fingerprint density at radius 3 is 0.321 bits per heavy atom. The van der Waals surface area contributed by atoms with E-state index in [-0.39, 0.29) is 16.5 Å². The molecule has 53 heavy (non-hydrogen) atoms. The van der Waals surface area contributed by atoms with Crippen LogP contribution in [0.25, 0.3) is 0 Å². The molecule has 0 aliphatic heterocycles. The third kappa shape index (κ3) is 58.1. The minimum absolute atomic E-state index is 0. The first kappa shape index (κ1) is 63.9. The topological polar surface area (TPSA) is 111 Å². The van der Waals surface area contributed by atoms with E-state index in [9.17, 15) is 0 Å². The second kappa shape index (κ2) is 60.4. The molecule has 0 aromatic rings. The van der Waals surface area contributed by atoms with Crippen LogP contribution in [0.1, 0.15) is 160 Å². The normalized spacial score (nSPS) is 10.9. The van der Waals surface area contributed by atoms with Gasteiger partial charge in [-0.3, -0.25) is 0 Å². The van der Waals surface area contributed by atoms with Gasteiger partial charge in [0, 0.05) is 16.5 Å². The van der Waals surface area contributed by atoms with Crippen LogP contribution in [0.3, 0.4) is 0 Å². The second-order valence-electron chi connectivity index (χ2n) is 11.2. The third-order valence-corrected chi connectivity index (χ3v) is 10.4. The molecular weight excluding hydrogens is 807 g/mol. The van der Waals surface area contributed by atoms with Gasteiger partial charge in [0.25, 0.3) is 0 Å². The van der Waals surface area contributed by atoms with E-state index in [0.717, 1.165) is 156 Å². The fraction of sp³-hybridized carbons (Fsp3) is 1.00. The van der Waals surface area contributed by atoms with Crippen molar-refractivity contribution >= 4 is 34.4 Å². The minimum Gasteiger partial charge on any atom is -0.180 e. The van der Waals surface area contributed by atoms with Crippen molar-refractivity contribution in [3.05, 3.63) is 0 Å². The molecule has 12 nitrogen and oxygen atoms in total. The van der Waals surface area contributed by atoms with E-state index in [2.05, 4.69) is 83.1 Å². The summed E-state index contributed by atoms with van der Waals surface area (Å²) < 4.78 is 65.4. The fourth-order valence-electron chi connectivity index (χ4n) is 2.72. The van der Waals surface area contributed by atoms with Crippen molar-refractivity contribution in [2.75, 3.05) is 79.3 Å². The van der Waals surface area contributed by atoms with Gasteiger partial charge in [0.15, 0.2) is 0 Å². The Kier molecular flexibility index (Phi) is 72.8. The molecule has 0 aromatic heterocycles. The molecule has 0 unspecified atom stereocenters. The predicted octanol–water partition coefficient (Wildman–Crippen LogP) is 12.9. The number of rotatable bonds is 36. The van der Waals surface area contributed by atoms with E-state index in [1.807, 2.05) is 0 Å². The Labute approximate surface area is 343 Å². The summed E-state index contributed by atoms with van der Waals surface area (Å²) in [5, 5.41) is 0. The molecule has 0 aliphatic rings. The molecule has 17 heteroatoms. The molecule has 330 valence electrons. The summed E-state index contributed by atoms with van der Waals surface area (Å²) in [5.41, 5.74) is 0. The monoisotopic (exact) mass is 894 g/mol. The summed E-state index contributed by atoms with van der Waals surface area (Å²) in [4.78, 5) is 0. The SMILES string of the molecule is CCCO[PH+](OCCC)OCCC.CCCO[PH+](OCCC)OCCC.CCCO[PH+](OCCC)OCCC.CCCO[PH+](OCCC)OCCC.[Ni]. The van der Waals surface area contributed by atoms with Crippen molar-refractivity contribution in [2.45, 2.75) is 160 Å². The van der Waals surface area contributed by atoms with Gasteiger partial charge in [-0.1, -0.05) is 83.1 Å². The summed E-state index contributed by atoms with van der Waals surface area (Å²) in [6, 6.07) is 0. The second-order valence-corrected chi connectivity index (χ2v) is 16.6. The summed E-state index contributed by atoms with van der Waals surface area (Å²) in [6.45, 7) is 33.8. The Balaban J connectivity index is -0.000000192. The maximum atomic E-state index is 5.45. The summed E-state index contributed by atoms with van der Waals surface area (Å²) in [6.07, 6.45) is 12.2. The van der Waals surface area contributed by atoms with Crippen molar-refractivity contribution in [2.24, 2.45) is 0 Å². The van der Waals surface area contributed by atoms with E-state index < -0.39 is 34.4 Å². The first-order valence-corrected chi connectivity index (χ1v) is 25.3. The zero-order valence-corrected chi connectivity index (χ0v) is 41.2. The predicted molar refractivity (Wildman–Crippen MR) is 228 cm³/mol. The summed E-state index contributed by atoms with van der Waals surface area (Å²) in [5.74, 6) is 0. The Bertz CT molecular complexity index is 431. The quantitative estimate of drug-likeness (QED) is 0.0441. The first-order valence-electron chi connectivity index (χ1n) is 20.4. The average Bonchev–Trinajstić information content (AvgIpc) is 3.17. The minimum atomic E-state index is -1.43. The summed E-state index contributed by atoms with van der Waals surface area (Å²) in [7, 11) is -5.73. The molecule has 0 spiro atoms. The van der Waals surface area contributed by atoms with Gasteiger partial charge >= 0.3 is 34.4 Å². The Hall–Kier alpha value is 1.73. The first-order chi connectivity index (χ1) is 25.4. The standard InChI is InChI=1S/4C9H22O3P.Ni/c4*1-4-7-10-13(11-8-5-2)12-9-6-3;/h4*13H,4-9H2,1-3H3;/q4*+1;. The van der Waals surface area contributed by atoms with Crippen LogP contribution in [0.15, 0.2) is 0 Å². The molecule has 0 fully saturated rings. The molecule has 0 saturated heterocycles. The van der Waals surface area contributed by atoms with Gasteiger partial charge in [-0.15, -0.1) is 0 Å². The van der Waals surface area contributed by atoms with Gasteiger partial charge in [-0.2, -0.15) is 54.3 Å². The fourth-order valence-corrected chi connectivity index (χ4v) is 8.17. The molecule has 0 aliphatic carbocycles. The van der Waals surface area contributed by atoms with Crippen LogP contribution >= 0.6 is 34.4 Å². The van der Waals surface area contributed by atoms with Gasteiger partial charge < -0.3 is 0 Å². The molecule has 0 rings (SSSR count). The van der Waals surface area contributed by atoms with E-state index >= 15 is 0 Å². The van der Waals surface area contributed by atoms with Gasteiger partial charge in [-0.05, 0) is 77.0 Å². The zero-order chi connectivity index (χ0) is 39.8. The van der Waals surface area contributed by atoms with Crippen molar-refractivity contribution in [1.82, 2.24) is 0 Å². The van der Waals surface area contributed by atoms with Crippen LogP contribution in [0, 0.1) is 0 Å². The third-order valence-electron chi connectivity index (χ3n) is 5.09. The zero-order valence-electron chi connectivity index (χ0n) is 36.2. The number of hydrogen-bond donors (Lipinski definition) is 0. The van der Waals surface area contributed by atoms with Crippen molar-refractivity contribution in [3.63, 3.8) is 0 Å². The molecular formula is C36H88NiO12P4+4.